The molecule has 9 nitrogen and oxygen atoms in total. The highest BCUT2D eigenvalue weighted by Gasteiger charge is 2.22. The summed E-state index contributed by atoms with van der Waals surface area (Å²) in [5, 5.41) is 24.5. The Hall–Kier alpha value is -3.33. The van der Waals surface area contributed by atoms with Gasteiger partial charge in [-0.15, -0.1) is 0 Å². The number of aromatic hydroxyl groups is 2. The molecular formula is C25H33N3O6. The van der Waals surface area contributed by atoms with Crippen LogP contribution in [0.1, 0.15) is 54.9 Å². The Balaban J connectivity index is 1.86. The highest BCUT2D eigenvalue weighted by molar-refractivity contribution is 6.00. The zero-order valence-corrected chi connectivity index (χ0v) is 19.5. The fourth-order valence-corrected chi connectivity index (χ4v) is 3.94. The van der Waals surface area contributed by atoms with Crippen LogP contribution in [0.15, 0.2) is 41.6 Å². The third-order valence-electron chi connectivity index (χ3n) is 5.72. The quantitative estimate of drug-likeness (QED) is 0.350. The molecule has 184 valence electrons. The lowest BCUT2D eigenvalue weighted by Gasteiger charge is -2.26. The van der Waals surface area contributed by atoms with Gasteiger partial charge in [0.1, 0.15) is 23.2 Å². The highest BCUT2D eigenvalue weighted by Crippen LogP contribution is 2.29. The maximum absolute atomic E-state index is 12.8. The number of cyclic esters (lactones) is 1. The number of carbonyl (C=O) groups excluding carboxylic acids is 2. The van der Waals surface area contributed by atoms with Crippen LogP contribution in [-0.2, 0) is 20.8 Å². The number of allylic oxidation sites excluding steroid dienone is 1. The van der Waals surface area contributed by atoms with Crippen LogP contribution in [0.3, 0.4) is 0 Å². The number of ether oxygens (including phenoxy) is 1. The Morgan fingerprint density at radius 2 is 1.97 bits per heavy atom. The van der Waals surface area contributed by atoms with Crippen molar-refractivity contribution in [2.45, 2.75) is 57.6 Å². The second-order valence-corrected chi connectivity index (χ2v) is 8.66. The Labute approximate surface area is 199 Å². The molecule has 1 fully saturated rings. The second kappa shape index (κ2) is 12.2. The van der Waals surface area contributed by atoms with E-state index < -0.39 is 12.1 Å². The number of fused-ring (bicyclic) bond motifs is 1. The van der Waals surface area contributed by atoms with Crippen molar-refractivity contribution in [3.63, 3.8) is 0 Å². The summed E-state index contributed by atoms with van der Waals surface area (Å²) in [6.45, 7) is 2.99. The lowest BCUT2D eigenvalue weighted by atomic mass is 9.99. The number of esters is 1. The van der Waals surface area contributed by atoms with Gasteiger partial charge in [0.2, 0.25) is 0 Å². The van der Waals surface area contributed by atoms with Crippen molar-refractivity contribution >= 4 is 17.6 Å². The number of carbonyl (C=O) groups is 2. The molecule has 9 heteroatoms. The number of hydrogen-bond donors (Lipinski definition) is 3. The Bertz CT molecular complexity index is 966. The highest BCUT2D eigenvalue weighted by atomic mass is 16.6. The lowest BCUT2D eigenvalue weighted by molar-refractivity contribution is -0.137. The van der Waals surface area contributed by atoms with E-state index in [-0.39, 0.29) is 42.0 Å². The summed E-state index contributed by atoms with van der Waals surface area (Å²) in [5.74, 6) is -1.43. The molecule has 0 bridgehead atoms. The number of nitrogens with two attached hydrogens (primary N) is 1. The van der Waals surface area contributed by atoms with Gasteiger partial charge in [0.15, 0.2) is 6.61 Å². The minimum absolute atomic E-state index is 0.0483. The zero-order chi connectivity index (χ0) is 24.5. The number of likely N-dealkylation sites (tertiary alicyclic amines) is 1. The van der Waals surface area contributed by atoms with Crippen LogP contribution in [0.25, 0.3) is 0 Å². The first-order valence-corrected chi connectivity index (χ1v) is 11.6. The summed E-state index contributed by atoms with van der Waals surface area (Å²) < 4.78 is 5.48. The second-order valence-electron chi connectivity index (χ2n) is 8.66. The first kappa shape index (κ1) is 25.3. The van der Waals surface area contributed by atoms with Crippen molar-refractivity contribution in [3.8, 4) is 11.5 Å². The molecule has 1 aromatic rings. The van der Waals surface area contributed by atoms with E-state index in [2.05, 4.69) is 5.16 Å². The third kappa shape index (κ3) is 7.34. The van der Waals surface area contributed by atoms with E-state index in [0.717, 1.165) is 38.4 Å². The van der Waals surface area contributed by atoms with Crippen molar-refractivity contribution in [1.29, 1.82) is 0 Å². The molecule has 2 heterocycles. The third-order valence-corrected chi connectivity index (χ3v) is 5.72. The summed E-state index contributed by atoms with van der Waals surface area (Å²) in [6.07, 6.45) is 10.9. The van der Waals surface area contributed by atoms with E-state index in [1.165, 1.54) is 6.07 Å². The zero-order valence-electron chi connectivity index (χ0n) is 19.5. The number of amides is 1. The van der Waals surface area contributed by atoms with Gasteiger partial charge in [-0.2, -0.15) is 0 Å². The minimum Gasteiger partial charge on any atom is -0.508 e. The molecule has 2 aliphatic heterocycles. The van der Waals surface area contributed by atoms with Crippen molar-refractivity contribution in [3.05, 3.63) is 47.6 Å². The van der Waals surface area contributed by atoms with Crippen LogP contribution >= 0.6 is 0 Å². The summed E-state index contributed by atoms with van der Waals surface area (Å²) in [6, 6.07) is 2.24. The van der Waals surface area contributed by atoms with Gasteiger partial charge < -0.3 is 30.4 Å². The average molecular weight is 472 g/mol. The summed E-state index contributed by atoms with van der Waals surface area (Å²) in [5.41, 5.74) is 6.78. The first-order chi connectivity index (χ1) is 16.3. The predicted octanol–water partition coefficient (Wildman–Crippen LogP) is 2.80. The molecule has 1 saturated heterocycles. The number of oxime groups is 1. The van der Waals surface area contributed by atoms with Crippen LogP contribution < -0.4 is 5.73 Å². The largest absolute Gasteiger partial charge is 0.508 e. The van der Waals surface area contributed by atoms with Crippen LogP contribution in [-0.4, -0.2) is 64.5 Å². The molecular weight excluding hydrogens is 438 g/mol. The number of hydrogen-bond acceptors (Lipinski definition) is 8. The molecule has 4 N–H and O–H groups in total. The number of phenolic OH excluding ortho intramolecular Hbond substituents is 2. The maximum Gasteiger partial charge on any atom is 0.342 e. The van der Waals surface area contributed by atoms with E-state index in [1.54, 1.807) is 17.9 Å². The molecule has 0 radical (unpaired) electrons. The van der Waals surface area contributed by atoms with Crippen molar-refractivity contribution in [2.24, 2.45) is 10.9 Å². The summed E-state index contributed by atoms with van der Waals surface area (Å²) >= 11 is 0. The Morgan fingerprint density at radius 3 is 2.74 bits per heavy atom. The summed E-state index contributed by atoms with van der Waals surface area (Å²) in [7, 11) is 0. The molecule has 0 saturated carbocycles. The fraction of sp³-hybridized carbons (Fsp3) is 0.480. The van der Waals surface area contributed by atoms with Crippen LogP contribution in [0.4, 0.5) is 0 Å². The molecule has 3 rings (SSSR count). The molecule has 0 aliphatic carbocycles. The molecule has 1 unspecified atom stereocenters. The molecule has 1 amide bonds. The molecule has 0 spiro atoms. The number of piperidine rings is 1. The smallest absolute Gasteiger partial charge is 0.342 e. The van der Waals surface area contributed by atoms with E-state index in [4.69, 9.17) is 15.3 Å². The summed E-state index contributed by atoms with van der Waals surface area (Å²) in [4.78, 5) is 32.3. The topological polar surface area (TPSA) is 135 Å². The van der Waals surface area contributed by atoms with Crippen LogP contribution in [0, 0.1) is 0 Å². The van der Waals surface area contributed by atoms with Crippen molar-refractivity contribution in [1.82, 2.24) is 4.90 Å². The predicted molar refractivity (Wildman–Crippen MR) is 128 cm³/mol. The Kier molecular flexibility index (Phi) is 9.09. The average Bonchev–Trinajstić information content (AvgIpc) is 2.78. The SMILES string of the molecule is C[C@@H]1C/C=C/C(N)C/C=C/C(=N\OCC(=O)N2CCCCC2)Cc2cc(O)cc(O)c2C(=O)O1. The fourth-order valence-electron chi connectivity index (χ4n) is 3.94. The molecule has 0 aromatic heterocycles. The van der Waals surface area contributed by atoms with E-state index in [1.807, 2.05) is 18.2 Å². The number of rotatable bonds is 3. The van der Waals surface area contributed by atoms with Crippen molar-refractivity contribution < 1.29 is 29.4 Å². The van der Waals surface area contributed by atoms with Gasteiger partial charge >= 0.3 is 5.97 Å². The van der Waals surface area contributed by atoms with Gasteiger partial charge in [-0.1, -0.05) is 23.4 Å². The minimum atomic E-state index is -0.709. The Morgan fingerprint density at radius 1 is 1.21 bits per heavy atom. The molecule has 2 atom stereocenters. The van der Waals surface area contributed by atoms with Crippen LogP contribution in [0.2, 0.25) is 0 Å². The normalized spacial score (nSPS) is 25.1. The van der Waals surface area contributed by atoms with Gasteiger partial charge in [0.25, 0.3) is 5.91 Å². The number of benzene rings is 1. The van der Waals surface area contributed by atoms with Gasteiger partial charge in [-0.25, -0.2) is 4.79 Å². The lowest BCUT2D eigenvalue weighted by Crippen LogP contribution is -2.37. The molecule has 1 aromatic carbocycles. The van der Waals surface area contributed by atoms with Gasteiger partial charge in [0, 0.05) is 38.0 Å². The first-order valence-electron chi connectivity index (χ1n) is 11.6. The standard InChI is InChI=1S/C25H33N3O6/c1-17-7-5-8-19(26)9-6-10-20(27-33-16-23(31)28-11-3-2-4-12-28)13-18-14-21(29)15-22(30)24(18)25(32)34-17/h5-6,8,10,14-15,17,19,29-30H,2-4,7,9,11-13,16,26H2,1H3/b8-5+,10-6+,27-20+/t17-,19?/m1/s1. The molecule has 34 heavy (non-hydrogen) atoms. The van der Waals surface area contributed by atoms with Gasteiger partial charge in [-0.05, 0) is 50.3 Å². The number of nitrogens with zero attached hydrogens (tertiary/aromatic N) is 2. The van der Waals surface area contributed by atoms with Crippen LogP contribution in [0.5, 0.6) is 11.5 Å². The van der Waals surface area contributed by atoms with Gasteiger partial charge in [0.05, 0.1) is 5.71 Å². The van der Waals surface area contributed by atoms with Crippen molar-refractivity contribution in [2.75, 3.05) is 19.7 Å². The maximum atomic E-state index is 12.8. The number of phenols is 2. The monoisotopic (exact) mass is 471 g/mol. The van der Waals surface area contributed by atoms with E-state index in [0.29, 0.717) is 24.1 Å². The van der Waals surface area contributed by atoms with E-state index in [9.17, 15) is 19.8 Å². The van der Waals surface area contributed by atoms with E-state index >= 15 is 0 Å². The van der Waals surface area contributed by atoms with Gasteiger partial charge in [-0.3, -0.25) is 4.79 Å². The molecule has 2 aliphatic rings.